The highest BCUT2D eigenvalue weighted by molar-refractivity contribution is 5.97. The maximum atomic E-state index is 13.6. The van der Waals surface area contributed by atoms with Crippen LogP contribution in [0.5, 0.6) is 0 Å². The number of nitrogens with zero attached hydrogens (tertiary/aromatic N) is 3. The van der Waals surface area contributed by atoms with E-state index in [1.54, 1.807) is 28.9 Å². The first kappa shape index (κ1) is 24.6. The minimum Gasteiger partial charge on any atom is -0.388 e. The molecular weight excluding hydrogens is 446 g/mol. The van der Waals surface area contributed by atoms with E-state index in [1.807, 2.05) is 41.3 Å². The molecule has 2 aliphatic rings. The van der Waals surface area contributed by atoms with Gasteiger partial charge >= 0.3 is 6.03 Å². The molecule has 0 atom stereocenters. The number of Topliss-reactive ketones (excluding diaryl/α,β-unsaturated/α-hetero) is 1. The van der Waals surface area contributed by atoms with Crippen molar-refractivity contribution in [3.63, 3.8) is 0 Å². The fraction of sp³-hybridized carbons (Fsp3) is 0.370. The molecule has 4 rings (SSSR count). The van der Waals surface area contributed by atoms with Gasteiger partial charge in [0.05, 0.1) is 19.8 Å². The van der Waals surface area contributed by atoms with Gasteiger partial charge < -0.3 is 19.6 Å². The topological polar surface area (TPSA) is 90.4 Å². The number of aliphatic hydroxyl groups excluding tert-OH is 1. The number of rotatable bonds is 6. The summed E-state index contributed by atoms with van der Waals surface area (Å²) in [5.41, 5.74) is 4.29. The molecule has 3 amide bonds. The van der Waals surface area contributed by atoms with Gasteiger partial charge in [-0.25, -0.2) is 4.79 Å². The van der Waals surface area contributed by atoms with Crippen molar-refractivity contribution >= 4 is 29.0 Å². The van der Waals surface area contributed by atoms with E-state index >= 15 is 0 Å². The van der Waals surface area contributed by atoms with E-state index < -0.39 is 6.61 Å². The molecule has 0 radical (unpaired) electrons. The Bertz CT molecular complexity index is 1110. The summed E-state index contributed by atoms with van der Waals surface area (Å²) in [5, 5.41) is 9.10. The molecule has 1 N–H and O–H groups in total. The second-order valence-electron chi connectivity index (χ2n) is 8.74. The zero-order valence-electron chi connectivity index (χ0n) is 20.0. The summed E-state index contributed by atoms with van der Waals surface area (Å²) in [6.45, 7) is 4.74. The number of ether oxygens (including phenoxy) is 1. The lowest BCUT2D eigenvalue weighted by molar-refractivity contribution is -0.128. The second kappa shape index (κ2) is 11.3. The van der Waals surface area contributed by atoms with Gasteiger partial charge in [-0.1, -0.05) is 42.5 Å². The highest BCUT2D eigenvalue weighted by Crippen LogP contribution is 2.28. The number of aliphatic hydroxyl groups is 1. The molecule has 184 valence electrons. The van der Waals surface area contributed by atoms with Crippen molar-refractivity contribution in [2.24, 2.45) is 0 Å². The van der Waals surface area contributed by atoms with Gasteiger partial charge in [0, 0.05) is 44.4 Å². The number of hydrogen-bond acceptors (Lipinski definition) is 5. The Labute approximate surface area is 205 Å². The van der Waals surface area contributed by atoms with E-state index in [1.165, 1.54) is 0 Å². The number of anilines is 1. The Morgan fingerprint density at radius 2 is 1.74 bits per heavy atom. The number of urea groups is 1. The number of carbonyl (C=O) groups is 3. The zero-order chi connectivity index (χ0) is 24.8. The molecule has 0 aliphatic carbocycles. The maximum absolute atomic E-state index is 13.6. The van der Waals surface area contributed by atoms with Crippen LogP contribution in [0.25, 0.3) is 5.57 Å². The average molecular weight is 478 g/mol. The van der Waals surface area contributed by atoms with Crippen molar-refractivity contribution in [2.45, 2.75) is 19.9 Å². The van der Waals surface area contributed by atoms with E-state index in [4.69, 9.17) is 9.84 Å². The Hall–Kier alpha value is -3.49. The van der Waals surface area contributed by atoms with Crippen molar-refractivity contribution < 1.29 is 24.2 Å². The summed E-state index contributed by atoms with van der Waals surface area (Å²) >= 11 is 0. The third kappa shape index (κ3) is 5.96. The van der Waals surface area contributed by atoms with Crippen molar-refractivity contribution in [1.29, 1.82) is 0 Å². The standard InChI is InChI=1S/C27H31N3O5/c1-20(32)28-11-9-22(10-12-28)24-3-2-4-25(17-24)30(27(34)29-13-15-35-16-14-29)18-21-5-7-23(8-6-21)26(33)19-31/h2-9,17,31H,10-16,18-19H2,1H3. The molecule has 0 saturated carbocycles. The summed E-state index contributed by atoms with van der Waals surface area (Å²) < 4.78 is 5.42. The monoisotopic (exact) mass is 477 g/mol. The number of carbonyl (C=O) groups excluding carboxylic acids is 3. The third-order valence-electron chi connectivity index (χ3n) is 6.46. The predicted molar refractivity (Wildman–Crippen MR) is 133 cm³/mol. The lowest BCUT2D eigenvalue weighted by Crippen LogP contribution is -2.48. The van der Waals surface area contributed by atoms with E-state index in [-0.39, 0.29) is 17.7 Å². The number of morpholine rings is 1. The van der Waals surface area contributed by atoms with Crippen LogP contribution in [-0.2, 0) is 16.1 Å². The lowest BCUT2D eigenvalue weighted by Gasteiger charge is -2.33. The lowest BCUT2D eigenvalue weighted by atomic mass is 9.98. The molecule has 35 heavy (non-hydrogen) atoms. The molecule has 8 heteroatoms. The SMILES string of the molecule is CC(=O)N1CC=C(c2cccc(N(Cc3ccc(C(=O)CO)cc3)C(=O)N3CCOCC3)c2)CC1. The van der Waals surface area contributed by atoms with Gasteiger partial charge in [-0.3, -0.25) is 14.5 Å². The molecule has 2 aromatic carbocycles. The Balaban J connectivity index is 1.61. The second-order valence-corrected chi connectivity index (χ2v) is 8.74. The van der Waals surface area contributed by atoms with Gasteiger partial charge in [0.1, 0.15) is 6.61 Å². The summed E-state index contributed by atoms with van der Waals surface area (Å²) in [4.78, 5) is 42.4. The van der Waals surface area contributed by atoms with Crippen LogP contribution in [0.1, 0.15) is 34.8 Å². The molecule has 0 unspecified atom stereocenters. The van der Waals surface area contributed by atoms with Crippen LogP contribution in [0.2, 0.25) is 0 Å². The number of amides is 3. The molecule has 1 fully saturated rings. The number of benzene rings is 2. The van der Waals surface area contributed by atoms with Crippen LogP contribution < -0.4 is 4.90 Å². The van der Waals surface area contributed by atoms with Crippen LogP contribution in [0.3, 0.4) is 0 Å². The molecule has 1 saturated heterocycles. The van der Waals surface area contributed by atoms with Gasteiger partial charge in [0.25, 0.3) is 0 Å². The fourth-order valence-electron chi connectivity index (χ4n) is 4.36. The highest BCUT2D eigenvalue weighted by atomic mass is 16.5. The van der Waals surface area contributed by atoms with Gasteiger partial charge in [-0.05, 0) is 35.3 Å². The van der Waals surface area contributed by atoms with E-state index in [0.717, 1.165) is 28.8 Å². The normalized spacial score (nSPS) is 16.0. The Kier molecular flexibility index (Phi) is 7.94. The summed E-state index contributed by atoms with van der Waals surface area (Å²) in [6.07, 6.45) is 2.84. The summed E-state index contributed by atoms with van der Waals surface area (Å²) in [5.74, 6) is -0.266. The van der Waals surface area contributed by atoms with Crippen LogP contribution in [0.4, 0.5) is 10.5 Å². The smallest absolute Gasteiger partial charge is 0.324 e. The van der Waals surface area contributed by atoms with Crippen molar-refractivity contribution in [3.8, 4) is 0 Å². The first-order valence-corrected chi connectivity index (χ1v) is 11.9. The highest BCUT2D eigenvalue weighted by Gasteiger charge is 2.25. The van der Waals surface area contributed by atoms with Crippen LogP contribution in [0.15, 0.2) is 54.6 Å². The van der Waals surface area contributed by atoms with Gasteiger partial charge in [-0.15, -0.1) is 0 Å². The van der Waals surface area contributed by atoms with Gasteiger partial charge in [0.15, 0.2) is 5.78 Å². The molecule has 2 heterocycles. The van der Waals surface area contributed by atoms with E-state index in [0.29, 0.717) is 51.5 Å². The largest absolute Gasteiger partial charge is 0.388 e. The number of hydrogen-bond donors (Lipinski definition) is 1. The van der Waals surface area contributed by atoms with Crippen molar-refractivity contribution in [2.75, 3.05) is 50.9 Å². The quantitative estimate of drug-likeness (QED) is 0.646. The zero-order valence-corrected chi connectivity index (χ0v) is 20.0. The Morgan fingerprint density at radius 1 is 1.00 bits per heavy atom. The molecule has 0 bridgehead atoms. The maximum Gasteiger partial charge on any atom is 0.324 e. The van der Waals surface area contributed by atoms with Gasteiger partial charge in [0.2, 0.25) is 5.91 Å². The first-order valence-electron chi connectivity index (χ1n) is 11.9. The fourth-order valence-corrected chi connectivity index (χ4v) is 4.36. The van der Waals surface area contributed by atoms with E-state index in [2.05, 4.69) is 6.08 Å². The number of ketones is 1. The molecule has 2 aromatic rings. The van der Waals surface area contributed by atoms with E-state index in [9.17, 15) is 14.4 Å². The average Bonchev–Trinajstić information content (AvgIpc) is 2.92. The van der Waals surface area contributed by atoms with Crippen molar-refractivity contribution in [1.82, 2.24) is 9.80 Å². The molecular formula is C27H31N3O5. The predicted octanol–water partition coefficient (Wildman–Crippen LogP) is 2.96. The third-order valence-corrected chi connectivity index (χ3v) is 6.46. The molecule has 2 aliphatic heterocycles. The summed E-state index contributed by atoms with van der Waals surface area (Å²) in [7, 11) is 0. The molecule has 0 aromatic heterocycles. The summed E-state index contributed by atoms with van der Waals surface area (Å²) in [6, 6.07) is 14.8. The van der Waals surface area contributed by atoms with Crippen LogP contribution >= 0.6 is 0 Å². The van der Waals surface area contributed by atoms with Crippen molar-refractivity contribution in [3.05, 3.63) is 71.3 Å². The minimum atomic E-state index is -0.534. The molecule has 8 nitrogen and oxygen atoms in total. The molecule has 0 spiro atoms. The Morgan fingerprint density at radius 3 is 2.37 bits per heavy atom. The first-order chi connectivity index (χ1) is 17.0. The van der Waals surface area contributed by atoms with Crippen LogP contribution in [-0.4, -0.2) is 78.6 Å². The van der Waals surface area contributed by atoms with Gasteiger partial charge in [-0.2, -0.15) is 0 Å². The minimum absolute atomic E-state index is 0.0723. The van der Waals surface area contributed by atoms with Crippen LogP contribution in [0, 0.1) is 0 Å².